The maximum absolute atomic E-state index is 15.7. The molecule has 1 aliphatic carbocycles. The summed E-state index contributed by atoms with van der Waals surface area (Å²) in [4.78, 5) is 57.9. The first-order chi connectivity index (χ1) is 23.2. The number of fused-ring (bicyclic) bond motifs is 1. The lowest BCUT2D eigenvalue weighted by atomic mass is 9.98. The molecule has 4 aromatic rings. The zero-order valence-corrected chi connectivity index (χ0v) is 29.3. The smallest absolute Gasteiger partial charge is 0.410 e. The van der Waals surface area contributed by atoms with Gasteiger partial charge in [0.05, 0.1) is 35.1 Å². The molecule has 1 aromatic carbocycles. The van der Waals surface area contributed by atoms with Crippen molar-refractivity contribution in [1.82, 2.24) is 24.4 Å². The fourth-order valence-electron chi connectivity index (χ4n) is 6.49. The number of piperazine rings is 1. The van der Waals surface area contributed by atoms with Gasteiger partial charge >= 0.3 is 17.8 Å². The summed E-state index contributed by atoms with van der Waals surface area (Å²) in [7, 11) is 1.28. The summed E-state index contributed by atoms with van der Waals surface area (Å²) in [6.07, 6.45) is 3.11. The number of halogens is 1. The highest BCUT2D eigenvalue weighted by Gasteiger charge is 2.35. The normalized spacial score (nSPS) is 16.7. The lowest BCUT2D eigenvalue weighted by Crippen LogP contribution is -2.55. The Kier molecular flexibility index (Phi) is 8.93. The summed E-state index contributed by atoms with van der Waals surface area (Å²) in [6.45, 7) is 14.5. The molecular weight excluding hydrogens is 627 g/mol. The van der Waals surface area contributed by atoms with E-state index in [4.69, 9.17) is 19.4 Å². The van der Waals surface area contributed by atoms with Gasteiger partial charge in [-0.2, -0.15) is 4.98 Å². The molecule has 1 amide bonds. The second-order valence-corrected chi connectivity index (χ2v) is 14.3. The maximum Gasteiger partial charge on any atom is 0.410 e. The number of anilines is 1. The first kappa shape index (κ1) is 34.0. The van der Waals surface area contributed by atoms with Gasteiger partial charge in [-0.05, 0) is 101 Å². The fourth-order valence-corrected chi connectivity index (χ4v) is 6.49. The lowest BCUT2D eigenvalue weighted by molar-refractivity contribution is 0.0218. The number of pyridine rings is 2. The zero-order chi connectivity index (χ0) is 35.4. The Hall–Kier alpha value is -4.87. The van der Waals surface area contributed by atoms with E-state index in [9.17, 15) is 14.4 Å². The summed E-state index contributed by atoms with van der Waals surface area (Å²) in [5, 5.41) is 0.630. The van der Waals surface area contributed by atoms with E-state index in [0.717, 1.165) is 24.0 Å². The number of carbonyl (C=O) groups excluding carboxylic acids is 2. The van der Waals surface area contributed by atoms with Crippen LogP contribution in [0.5, 0.6) is 0 Å². The van der Waals surface area contributed by atoms with Gasteiger partial charge in [-0.1, -0.05) is 13.8 Å². The van der Waals surface area contributed by atoms with Gasteiger partial charge in [0.25, 0.3) is 0 Å². The molecule has 1 atom stereocenters. The highest BCUT2D eigenvalue weighted by atomic mass is 19.1. The minimum atomic E-state index is -0.628. The molecule has 3 aromatic heterocycles. The number of aromatic nitrogens is 4. The van der Waals surface area contributed by atoms with Crippen LogP contribution in [0.2, 0.25) is 0 Å². The number of hydrogen-bond donors (Lipinski definition) is 0. The number of ether oxygens (including phenoxy) is 2. The highest BCUT2D eigenvalue weighted by Crippen LogP contribution is 2.46. The van der Waals surface area contributed by atoms with Crippen molar-refractivity contribution >= 4 is 28.9 Å². The monoisotopic (exact) mass is 670 g/mol. The van der Waals surface area contributed by atoms with E-state index in [-0.39, 0.29) is 35.1 Å². The fraction of sp³-hybridized carbons (Fsp3) is 0.459. The van der Waals surface area contributed by atoms with Crippen molar-refractivity contribution < 1.29 is 23.5 Å². The SMILES string of the molecule is COC(=O)c1ccc(F)c(-c2nc3c(cc2C2CC2)c(N2CCN(C(=O)OC(C)(C)C)CC2C)nc(=O)n3-c2c(C)ccnc2C(C)C)c1. The van der Waals surface area contributed by atoms with Crippen molar-refractivity contribution in [2.24, 2.45) is 0 Å². The van der Waals surface area contributed by atoms with E-state index in [1.54, 1.807) is 11.1 Å². The third-order valence-electron chi connectivity index (χ3n) is 9.01. The molecule has 0 N–H and O–H groups in total. The number of methoxy groups -OCH3 is 1. The number of nitrogens with zero attached hydrogens (tertiary/aromatic N) is 6. The summed E-state index contributed by atoms with van der Waals surface area (Å²) in [6, 6.07) is 7.68. The third kappa shape index (κ3) is 6.60. The van der Waals surface area contributed by atoms with Gasteiger partial charge in [0.15, 0.2) is 5.65 Å². The molecule has 2 aliphatic rings. The van der Waals surface area contributed by atoms with Gasteiger partial charge in [0, 0.05) is 37.4 Å². The first-order valence-corrected chi connectivity index (χ1v) is 16.7. The molecule has 1 unspecified atom stereocenters. The van der Waals surface area contributed by atoms with Crippen molar-refractivity contribution in [2.45, 2.75) is 84.8 Å². The van der Waals surface area contributed by atoms with Crippen LogP contribution in [0, 0.1) is 12.7 Å². The Morgan fingerprint density at radius 3 is 2.43 bits per heavy atom. The molecule has 11 nitrogen and oxygen atoms in total. The van der Waals surface area contributed by atoms with Gasteiger partial charge in [0.2, 0.25) is 0 Å². The van der Waals surface area contributed by atoms with Crippen molar-refractivity contribution in [2.75, 3.05) is 31.6 Å². The van der Waals surface area contributed by atoms with Crippen LogP contribution in [0.15, 0.2) is 41.3 Å². The second kappa shape index (κ2) is 12.9. The van der Waals surface area contributed by atoms with E-state index >= 15 is 4.39 Å². The van der Waals surface area contributed by atoms with Crippen molar-refractivity contribution in [3.8, 4) is 16.9 Å². The Labute approximate surface area is 285 Å². The number of amides is 1. The third-order valence-corrected chi connectivity index (χ3v) is 9.01. The van der Waals surface area contributed by atoms with Gasteiger partial charge < -0.3 is 19.3 Å². The van der Waals surface area contributed by atoms with Crippen LogP contribution in [0.25, 0.3) is 28.0 Å². The van der Waals surface area contributed by atoms with Gasteiger partial charge in [0.1, 0.15) is 17.2 Å². The molecule has 12 heteroatoms. The minimum Gasteiger partial charge on any atom is -0.465 e. The van der Waals surface area contributed by atoms with Gasteiger partial charge in [-0.15, -0.1) is 0 Å². The van der Waals surface area contributed by atoms with E-state index in [1.807, 2.05) is 65.5 Å². The molecule has 0 radical (unpaired) electrons. The maximum atomic E-state index is 15.7. The summed E-state index contributed by atoms with van der Waals surface area (Å²) in [5.41, 5.74) is 2.73. The number of benzene rings is 1. The predicted octanol–water partition coefficient (Wildman–Crippen LogP) is 6.52. The highest BCUT2D eigenvalue weighted by molar-refractivity contribution is 5.94. The standard InChI is InChI=1S/C37H43FN6O5/c1-20(2)29-31(21(3)13-14-39-29)44-33-27(32(41-35(44)46)43-16-15-42(19-22(43)4)36(47)49-37(5,6)7)18-25(23-9-10-23)30(40-33)26-17-24(34(45)48-8)11-12-28(26)38/h11-14,17-18,20,22-23H,9-10,15-16,19H2,1-8H3. The van der Waals surface area contributed by atoms with Crippen LogP contribution in [0.4, 0.5) is 15.0 Å². The Balaban J connectivity index is 1.60. The Morgan fingerprint density at radius 1 is 1.06 bits per heavy atom. The quantitative estimate of drug-likeness (QED) is 0.211. The molecule has 6 rings (SSSR count). The summed E-state index contributed by atoms with van der Waals surface area (Å²) >= 11 is 0. The number of hydrogen-bond acceptors (Lipinski definition) is 9. The number of aryl methyl sites for hydroxylation is 1. The lowest BCUT2D eigenvalue weighted by Gasteiger charge is -2.41. The van der Waals surface area contributed by atoms with Crippen LogP contribution < -0.4 is 10.6 Å². The predicted molar refractivity (Wildman–Crippen MR) is 185 cm³/mol. The van der Waals surface area contributed by atoms with Crippen LogP contribution in [-0.2, 0) is 9.47 Å². The van der Waals surface area contributed by atoms with Crippen molar-refractivity contribution in [3.05, 3.63) is 75.2 Å². The molecule has 258 valence electrons. The first-order valence-electron chi connectivity index (χ1n) is 16.7. The molecular formula is C37H43FN6O5. The van der Waals surface area contributed by atoms with E-state index < -0.39 is 23.1 Å². The Bertz CT molecular complexity index is 2020. The van der Waals surface area contributed by atoms with E-state index in [1.165, 1.54) is 29.9 Å². The summed E-state index contributed by atoms with van der Waals surface area (Å²) in [5.74, 6) is -0.599. The average Bonchev–Trinajstić information content (AvgIpc) is 3.89. The second-order valence-electron chi connectivity index (χ2n) is 14.3. The van der Waals surface area contributed by atoms with Gasteiger partial charge in [-0.25, -0.2) is 28.3 Å². The van der Waals surface area contributed by atoms with Crippen molar-refractivity contribution in [1.29, 1.82) is 0 Å². The molecule has 1 saturated carbocycles. The molecule has 49 heavy (non-hydrogen) atoms. The van der Waals surface area contributed by atoms with E-state index in [0.29, 0.717) is 53.6 Å². The van der Waals surface area contributed by atoms with Gasteiger partial charge in [-0.3, -0.25) is 4.98 Å². The van der Waals surface area contributed by atoms with Crippen LogP contribution in [0.1, 0.15) is 93.4 Å². The molecule has 0 bridgehead atoms. The minimum absolute atomic E-state index is 0.0307. The van der Waals surface area contributed by atoms with Crippen molar-refractivity contribution in [3.63, 3.8) is 0 Å². The van der Waals surface area contributed by atoms with Crippen LogP contribution in [0.3, 0.4) is 0 Å². The topological polar surface area (TPSA) is 120 Å². The summed E-state index contributed by atoms with van der Waals surface area (Å²) < 4.78 is 27.8. The number of esters is 1. The number of carbonyl (C=O) groups is 2. The zero-order valence-electron chi connectivity index (χ0n) is 29.3. The van der Waals surface area contributed by atoms with Crippen LogP contribution in [-0.4, -0.2) is 74.9 Å². The molecule has 1 aliphatic heterocycles. The molecule has 0 spiro atoms. The molecule has 1 saturated heterocycles. The Morgan fingerprint density at radius 2 is 1.80 bits per heavy atom. The van der Waals surface area contributed by atoms with Crippen LogP contribution >= 0.6 is 0 Å². The average molecular weight is 671 g/mol. The number of rotatable bonds is 6. The molecule has 4 heterocycles. The molecule has 2 fully saturated rings. The largest absolute Gasteiger partial charge is 0.465 e. The van der Waals surface area contributed by atoms with E-state index in [2.05, 4.69) is 4.98 Å².